The highest BCUT2D eigenvalue weighted by molar-refractivity contribution is 6.07. The van der Waals surface area contributed by atoms with Gasteiger partial charge in [-0.15, -0.1) is 0 Å². The fraction of sp³-hybridized carbons (Fsp3) is 0.115. The third kappa shape index (κ3) is 3.78. The highest BCUT2D eigenvalue weighted by atomic mass is 16.1. The standard InChI is InChI=1S/C26H23N5O/c1-17-8-3-4-11-21(17)30-26(32)19-9-7-10-20(16-19)28-23-14-13-22(29-23)25-18(2)27-24-12-5-6-15-31(24)25/h3-13,15-16H,14H2,1-2H3,(H,28,29)(H,30,32). The van der Waals surface area contributed by atoms with E-state index in [-0.39, 0.29) is 5.91 Å². The number of fused-ring (bicyclic) bond motifs is 1. The molecule has 5 rings (SSSR count). The van der Waals surface area contributed by atoms with Crippen LogP contribution in [0.1, 0.15) is 33.7 Å². The number of aliphatic imine (C=N–C) groups is 1. The summed E-state index contributed by atoms with van der Waals surface area (Å²) in [4.78, 5) is 22.2. The van der Waals surface area contributed by atoms with Gasteiger partial charge in [-0.25, -0.2) is 9.98 Å². The first-order valence-corrected chi connectivity index (χ1v) is 10.5. The summed E-state index contributed by atoms with van der Waals surface area (Å²) in [6, 6.07) is 21.1. The molecular weight excluding hydrogens is 398 g/mol. The lowest BCUT2D eigenvalue weighted by Crippen LogP contribution is -2.14. The Kier molecular flexibility index (Phi) is 5.03. The molecule has 0 unspecified atom stereocenters. The topological polar surface area (TPSA) is 70.8 Å². The Labute approximate surface area is 186 Å². The molecular formula is C26H23N5O. The number of amides is 1. The van der Waals surface area contributed by atoms with Gasteiger partial charge in [0, 0.05) is 29.6 Å². The van der Waals surface area contributed by atoms with Crippen LogP contribution in [0.4, 0.5) is 11.4 Å². The second-order valence-corrected chi connectivity index (χ2v) is 7.80. The summed E-state index contributed by atoms with van der Waals surface area (Å²) in [7, 11) is 0. The zero-order valence-corrected chi connectivity index (χ0v) is 18.0. The molecule has 2 N–H and O–H groups in total. The molecule has 0 aliphatic carbocycles. The van der Waals surface area contributed by atoms with E-state index in [0.29, 0.717) is 12.0 Å². The van der Waals surface area contributed by atoms with Crippen molar-refractivity contribution in [2.75, 3.05) is 10.6 Å². The summed E-state index contributed by atoms with van der Waals surface area (Å²) in [5.74, 6) is 0.693. The van der Waals surface area contributed by atoms with Gasteiger partial charge in [0.1, 0.15) is 11.5 Å². The first kappa shape index (κ1) is 19.8. The van der Waals surface area contributed by atoms with Crippen molar-refractivity contribution in [1.82, 2.24) is 9.38 Å². The van der Waals surface area contributed by atoms with Crippen LogP contribution in [-0.2, 0) is 0 Å². The molecule has 4 aromatic rings. The predicted octanol–water partition coefficient (Wildman–Crippen LogP) is 5.46. The van der Waals surface area contributed by atoms with Crippen molar-refractivity contribution >= 4 is 34.5 Å². The van der Waals surface area contributed by atoms with Crippen LogP contribution in [0, 0.1) is 13.8 Å². The smallest absolute Gasteiger partial charge is 0.255 e. The Bertz CT molecular complexity index is 1400. The molecule has 158 valence electrons. The predicted molar refractivity (Wildman–Crippen MR) is 129 cm³/mol. The summed E-state index contributed by atoms with van der Waals surface area (Å²) in [5.41, 5.74) is 7.01. The van der Waals surface area contributed by atoms with E-state index in [4.69, 9.17) is 4.99 Å². The van der Waals surface area contributed by atoms with Gasteiger partial charge in [0.05, 0.1) is 17.1 Å². The molecule has 1 aliphatic heterocycles. The Balaban J connectivity index is 1.34. The minimum absolute atomic E-state index is 0.142. The zero-order chi connectivity index (χ0) is 22.1. The number of carbonyl (C=O) groups excluding carboxylic acids is 1. The van der Waals surface area contributed by atoms with E-state index in [1.807, 2.05) is 80.7 Å². The molecule has 0 spiro atoms. The molecule has 0 radical (unpaired) electrons. The molecule has 3 heterocycles. The number of pyridine rings is 1. The van der Waals surface area contributed by atoms with E-state index in [1.165, 1.54) is 0 Å². The lowest BCUT2D eigenvalue weighted by atomic mass is 10.1. The van der Waals surface area contributed by atoms with E-state index in [9.17, 15) is 4.79 Å². The van der Waals surface area contributed by atoms with Crippen molar-refractivity contribution in [3.8, 4) is 0 Å². The maximum Gasteiger partial charge on any atom is 0.255 e. The first-order valence-electron chi connectivity index (χ1n) is 10.5. The van der Waals surface area contributed by atoms with Crippen LogP contribution in [0.25, 0.3) is 11.3 Å². The number of benzene rings is 2. The van der Waals surface area contributed by atoms with Gasteiger partial charge in [-0.3, -0.25) is 9.20 Å². The largest absolute Gasteiger partial charge is 0.343 e. The Morgan fingerprint density at radius 2 is 1.84 bits per heavy atom. The number of imidazole rings is 1. The van der Waals surface area contributed by atoms with Gasteiger partial charge in [0.25, 0.3) is 5.91 Å². The van der Waals surface area contributed by atoms with Gasteiger partial charge in [0.2, 0.25) is 0 Å². The number of rotatable bonds is 4. The van der Waals surface area contributed by atoms with E-state index >= 15 is 0 Å². The van der Waals surface area contributed by atoms with Crippen LogP contribution in [-0.4, -0.2) is 21.1 Å². The van der Waals surface area contributed by atoms with E-state index in [1.54, 1.807) is 6.07 Å². The summed E-state index contributed by atoms with van der Waals surface area (Å²) in [5, 5.41) is 6.34. The monoisotopic (exact) mass is 421 g/mol. The lowest BCUT2D eigenvalue weighted by molar-refractivity contribution is 0.102. The van der Waals surface area contributed by atoms with Crippen molar-refractivity contribution < 1.29 is 4.79 Å². The molecule has 32 heavy (non-hydrogen) atoms. The molecule has 6 nitrogen and oxygen atoms in total. The van der Waals surface area contributed by atoms with Crippen molar-refractivity contribution in [2.24, 2.45) is 4.99 Å². The van der Waals surface area contributed by atoms with Gasteiger partial charge in [-0.1, -0.05) is 30.3 Å². The Hall–Kier alpha value is -4.19. The van der Waals surface area contributed by atoms with E-state index < -0.39 is 0 Å². The number of para-hydroxylation sites is 1. The van der Waals surface area contributed by atoms with Crippen LogP contribution in [0.15, 0.2) is 84.0 Å². The number of hydrogen-bond donors (Lipinski definition) is 2. The molecule has 0 saturated heterocycles. The van der Waals surface area contributed by atoms with Gasteiger partial charge in [-0.2, -0.15) is 0 Å². The van der Waals surface area contributed by atoms with Crippen LogP contribution < -0.4 is 10.6 Å². The highest BCUT2D eigenvalue weighted by Crippen LogP contribution is 2.27. The maximum atomic E-state index is 12.7. The molecule has 1 aliphatic rings. The number of hydrogen-bond acceptors (Lipinski definition) is 4. The molecule has 0 bridgehead atoms. The van der Waals surface area contributed by atoms with Gasteiger partial charge in [0.15, 0.2) is 0 Å². The zero-order valence-electron chi connectivity index (χ0n) is 18.0. The molecule has 2 aromatic heterocycles. The lowest BCUT2D eigenvalue weighted by Gasteiger charge is -2.10. The molecule has 0 saturated carbocycles. The maximum absolute atomic E-state index is 12.7. The fourth-order valence-electron chi connectivity index (χ4n) is 3.89. The Morgan fingerprint density at radius 3 is 2.72 bits per heavy atom. The molecule has 2 aromatic carbocycles. The van der Waals surface area contributed by atoms with Crippen molar-refractivity contribution in [3.05, 3.63) is 102 Å². The molecule has 0 fully saturated rings. The number of anilines is 2. The number of amidine groups is 1. The average molecular weight is 422 g/mol. The summed E-state index contributed by atoms with van der Waals surface area (Å²) < 4.78 is 2.06. The van der Waals surface area contributed by atoms with Gasteiger partial charge < -0.3 is 10.6 Å². The first-order chi connectivity index (χ1) is 15.6. The van der Waals surface area contributed by atoms with Crippen LogP contribution in [0.5, 0.6) is 0 Å². The molecule has 1 amide bonds. The molecule has 6 heteroatoms. The van der Waals surface area contributed by atoms with E-state index in [0.717, 1.165) is 45.5 Å². The number of nitrogens with one attached hydrogen (secondary N) is 2. The minimum Gasteiger partial charge on any atom is -0.343 e. The number of carbonyl (C=O) groups is 1. The summed E-state index contributed by atoms with van der Waals surface area (Å²) in [6.07, 6.45) is 4.79. The third-order valence-electron chi connectivity index (χ3n) is 5.50. The van der Waals surface area contributed by atoms with Crippen LogP contribution >= 0.6 is 0 Å². The second kappa shape index (κ2) is 8.15. The van der Waals surface area contributed by atoms with Crippen molar-refractivity contribution in [1.29, 1.82) is 0 Å². The number of aromatic nitrogens is 2. The van der Waals surface area contributed by atoms with Gasteiger partial charge in [-0.05, 0) is 61.9 Å². The van der Waals surface area contributed by atoms with E-state index in [2.05, 4.69) is 26.1 Å². The van der Waals surface area contributed by atoms with Gasteiger partial charge >= 0.3 is 0 Å². The normalized spacial score (nSPS) is 13.1. The average Bonchev–Trinajstić information content (AvgIpc) is 3.38. The van der Waals surface area contributed by atoms with Crippen LogP contribution in [0.3, 0.4) is 0 Å². The van der Waals surface area contributed by atoms with Crippen LogP contribution in [0.2, 0.25) is 0 Å². The summed E-state index contributed by atoms with van der Waals surface area (Å²) in [6.45, 7) is 3.97. The minimum atomic E-state index is -0.142. The van der Waals surface area contributed by atoms with Crippen molar-refractivity contribution in [3.63, 3.8) is 0 Å². The number of aryl methyl sites for hydroxylation is 2. The van der Waals surface area contributed by atoms with Crippen molar-refractivity contribution in [2.45, 2.75) is 20.3 Å². The second-order valence-electron chi connectivity index (χ2n) is 7.80. The molecule has 0 atom stereocenters. The Morgan fingerprint density at radius 1 is 1.00 bits per heavy atom. The SMILES string of the molecule is Cc1ccccc1NC(=O)c1cccc(NC2=NC(c3c(C)nc4ccccn34)=CC2)c1. The number of nitrogens with zero attached hydrogens (tertiary/aromatic N) is 3. The highest BCUT2D eigenvalue weighted by Gasteiger charge is 2.18. The quantitative estimate of drug-likeness (QED) is 0.460. The summed E-state index contributed by atoms with van der Waals surface area (Å²) >= 11 is 0. The third-order valence-corrected chi connectivity index (χ3v) is 5.50. The fourth-order valence-corrected chi connectivity index (χ4v) is 3.89.